The second kappa shape index (κ2) is 9.60. The molecule has 152 valence electrons. The van der Waals surface area contributed by atoms with Crippen LogP contribution in [-0.4, -0.2) is 80.7 Å². The van der Waals surface area contributed by atoms with Gasteiger partial charge in [-0.2, -0.15) is 0 Å². The predicted molar refractivity (Wildman–Crippen MR) is 113 cm³/mol. The fourth-order valence-corrected chi connectivity index (χ4v) is 4.37. The number of benzene rings is 1. The van der Waals surface area contributed by atoms with Crippen molar-refractivity contribution >= 4 is 40.3 Å². The molecular weight excluding hydrogens is 400 g/mol. The van der Waals surface area contributed by atoms with E-state index < -0.39 is 0 Å². The average molecular weight is 425 g/mol. The standard InChI is InChI=1S/C19H24N2O5S2/c1-23-14-12-16(25-3)15(24-2)10-13(14)11-17-18(22)21(19(27)28-17)5-4-20-6-8-26-9-7-20/h10-12H,4-9H2,1-3H3/b17-11-. The molecular formula is C19H24N2O5S2. The Bertz CT molecular complexity index is 778. The van der Waals surface area contributed by atoms with Crippen LogP contribution < -0.4 is 14.2 Å². The van der Waals surface area contributed by atoms with Crippen LogP contribution in [-0.2, 0) is 9.53 Å². The molecule has 0 spiro atoms. The largest absolute Gasteiger partial charge is 0.496 e. The van der Waals surface area contributed by atoms with Gasteiger partial charge in [-0.15, -0.1) is 0 Å². The average Bonchev–Trinajstić information content (AvgIpc) is 2.99. The highest BCUT2D eigenvalue weighted by atomic mass is 32.2. The van der Waals surface area contributed by atoms with Crippen molar-refractivity contribution in [2.45, 2.75) is 0 Å². The van der Waals surface area contributed by atoms with Crippen molar-refractivity contribution in [2.24, 2.45) is 0 Å². The first-order valence-corrected chi connectivity index (χ1v) is 10.1. The lowest BCUT2D eigenvalue weighted by Gasteiger charge is -2.28. The zero-order chi connectivity index (χ0) is 20.1. The highest BCUT2D eigenvalue weighted by molar-refractivity contribution is 8.26. The number of thiocarbonyl (C=S) groups is 1. The van der Waals surface area contributed by atoms with E-state index in [4.69, 9.17) is 31.2 Å². The van der Waals surface area contributed by atoms with Crippen LogP contribution in [0.1, 0.15) is 5.56 Å². The minimum absolute atomic E-state index is 0.0832. The maximum atomic E-state index is 12.9. The van der Waals surface area contributed by atoms with Crippen LogP contribution in [0.2, 0.25) is 0 Å². The number of hydrogen-bond acceptors (Lipinski definition) is 8. The van der Waals surface area contributed by atoms with Gasteiger partial charge in [0.15, 0.2) is 11.5 Å². The van der Waals surface area contributed by atoms with Crippen LogP contribution in [0.25, 0.3) is 6.08 Å². The third-order valence-corrected chi connectivity index (χ3v) is 6.02. The van der Waals surface area contributed by atoms with E-state index in [2.05, 4.69) is 4.90 Å². The molecule has 1 aromatic rings. The van der Waals surface area contributed by atoms with E-state index in [1.165, 1.54) is 11.8 Å². The van der Waals surface area contributed by atoms with Gasteiger partial charge in [0, 0.05) is 37.8 Å². The summed E-state index contributed by atoms with van der Waals surface area (Å²) in [5, 5.41) is 0. The summed E-state index contributed by atoms with van der Waals surface area (Å²) in [5.41, 5.74) is 0.730. The molecule has 0 atom stereocenters. The lowest BCUT2D eigenvalue weighted by atomic mass is 10.1. The molecule has 7 nitrogen and oxygen atoms in total. The maximum Gasteiger partial charge on any atom is 0.266 e. The van der Waals surface area contributed by atoms with Crippen LogP contribution in [0.5, 0.6) is 17.2 Å². The van der Waals surface area contributed by atoms with Crippen LogP contribution in [0.4, 0.5) is 0 Å². The van der Waals surface area contributed by atoms with E-state index in [0.717, 1.165) is 38.4 Å². The molecule has 2 aliphatic rings. The highest BCUT2D eigenvalue weighted by Gasteiger charge is 2.32. The molecule has 1 amide bonds. The van der Waals surface area contributed by atoms with Gasteiger partial charge in [0.2, 0.25) is 0 Å². The summed E-state index contributed by atoms with van der Waals surface area (Å²) in [7, 11) is 4.71. The molecule has 28 heavy (non-hydrogen) atoms. The molecule has 2 heterocycles. The Hall–Kier alpha value is -1.81. The normalized spacial score (nSPS) is 19.4. The zero-order valence-electron chi connectivity index (χ0n) is 16.2. The molecule has 1 aromatic carbocycles. The number of rotatable bonds is 7. The van der Waals surface area contributed by atoms with Crippen molar-refractivity contribution in [1.29, 1.82) is 0 Å². The first kappa shape index (κ1) is 20.9. The Morgan fingerprint density at radius 3 is 2.36 bits per heavy atom. The van der Waals surface area contributed by atoms with Crippen molar-refractivity contribution in [3.8, 4) is 17.2 Å². The SMILES string of the molecule is COc1cc(OC)c(OC)cc1/C=C1\SC(=S)N(CCN2CCOCC2)C1=O. The van der Waals surface area contributed by atoms with Gasteiger partial charge in [-0.05, 0) is 12.1 Å². The third-order valence-electron chi connectivity index (χ3n) is 4.64. The van der Waals surface area contributed by atoms with Gasteiger partial charge in [0.05, 0.1) is 39.4 Å². The Kier molecular flexibility index (Phi) is 7.17. The Balaban J connectivity index is 1.77. The number of hydrogen-bond donors (Lipinski definition) is 0. The minimum Gasteiger partial charge on any atom is -0.496 e. The van der Waals surface area contributed by atoms with Crippen molar-refractivity contribution in [1.82, 2.24) is 9.80 Å². The van der Waals surface area contributed by atoms with E-state index in [1.807, 2.05) is 0 Å². The van der Waals surface area contributed by atoms with Gasteiger partial charge in [-0.25, -0.2) is 0 Å². The van der Waals surface area contributed by atoms with Crippen LogP contribution >= 0.6 is 24.0 Å². The van der Waals surface area contributed by atoms with Crippen LogP contribution in [0.15, 0.2) is 17.0 Å². The highest BCUT2D eigenvalue weighted by Crippen LogP contribution is 2.38. The summed E-state index contributed by atoms with van der Waals surface area (Å²) >= 11 is 6.74. The molecule has 0 unspecified atom stereocenters. The topological polar surface area (TPSA) is 60.5 Å². The Morgan fingerprint density at radius 2 is 1.71 bits per heavy atom. The molecule has 0 N–H and O–H groups in total. The van der Waals surface area contributed by atoms with E-state index in [1.54, 1.807) is 44.4 Å². The number of ether oxygens (including phenoxy) is 4. The molecule has 9 heteroatoms. The number of carbonyl (C=O) groups is 1. The lowest BCUT2D eigenvalue weighted by molar-refractivity contribution is -0.122. The second-order valence-corrected chi connectivity index (χ2v) is 7.91. The van der Waals surface area contributed by atoms with Gasteiger partial charge < -0.3 is 18.9 Å². The molecule has 2 fully saturated rings. The number of morpholine rings is 1. The van der Waals surface area contributed by atoms with E-state index >= 15 is 0 Å². The first-order valence-electron chi connectivity index (χ1n) is 8.93. The smallest absolute Gasteiger partial charge is 0.266 e. The maximum absolute atomic E-state index is 12.9. The monoisotopic (exact) mass is 424 g/mol. The quantitative estimate of drug-likeness (QED) is 0.488. The van der Waals surface area contributed by atoms with Crippen molar-refractivity contribution in [3.63, 3.8) is 0 Å². The molecule has 3 rings (SSSR count). The second-order valence-electron chi connectivity index (χ2n) is 6.24. The summed E-state index contributed by atoms with van der Waals surface area (Å²) < 4.78 is 22.1. The summed E-state index contributed by atoms with van der Waals surface area (Å²) in [6.07, 6.45) is 1.79. The van der Waals surface area contributed by atoms with Gasteiger partial charge in [0.1, 0.15) is 10.1 Å². The zero-order valence-corrected chi connectivity index (χ0v) is 17.9. The molecule has 0 bridgehead atoms. The number of methoxy groups -OCH3 is 3. The van der Waals surface area contributed by atoms with Gasteiger partial charge in [-0.1, -0.05) is 24.0 Å². The lowest BCUT2D eigenvalue weighted by Crippen LogP contribution is -2.42. The van der Waals surface area contributed by atoms with Gasteiger partial charge >= 0.3 is 0 Å². The van der Waals surface area contributed by atoms with E-state index in [9.17, 15) is 4.79 Å². The fraction of sp³-hybridized carbons (Fsp3) is 0.474. The Labute approximate surface area is 174 Å². The van der Waals surface area contributed by atoms with Crippen LogP contribution in [0, 0.1) is 0 Å². The van der Waals surface area contributed by atoms with Crippen molar-refractivity contribution < 1.29 is 23.7 Å². The summed E-state index contributed by atoms with van der Waals surface area (Å²) in [6, 6.07) is 3.53. The molecule has 2 saturated heterocycles. The summed E-state index contributed by atoms with van der Waals surface area (Å²) in [4.78, 5) is 17.4. The summed E-state index contributed by atoms with van der Waals surface area (Å²) in [6.45, 7) is 4.59. The fourth-order valence-electron chi connectivity index (χ4n) is 3.07. The summed E-state index contributed by atoms with van der Waals surface area (Å²) in [5.74, 6) is 1.64. The first-order chi connectivity index (χ1) is 13.6. The Morgan fingerprint density at radius 1 is 1.07 bits per heavy atom. The van der Waals surface area contributed by atoms with E-state index in [-0.39, 0.29) is 5.91 Å². The van der Waals surface area contributed by atoms with Crippen molar-refractivity contribution in [3.05, 3.63) is 22.6 Å². The molecule has 0 aliphatic carbocycles. The number of amides is 1. The van der Waals surface area contributed by atoms with Gasteiger partial charge in [-0.3, -0.25) is 14.6 Å². The minimum atomic E-state index is -0.0832. The number of nitrogens with zero attached hydrogens (tertiary/aromatic N) is 2. The van der Waals surface area contributed by atoms with Crippen molar-refractivity contribution in [2.75, 3.05) is 60.7 Å². The molecule has 2 aliphatic heterocycles. The predicted octanol–water partition coefficient (Wildman–Crippen LogP) is 2.25. The number of carbonyl (C=O) groups excluding carboxylic acids is 1. The third kappa shape index (κ3) is 4.60. The molecule has 0 saturated carbocycles. The molecule has 0 radical (unpaired) electrons. The van der Waals surface area contributed by atoms with Gasteiger partial charge in [0.25, 0.3) is 5.91 Å². The van der Waals surface area contributed by atoms with Crippen LogP contribution in [0.3, 0.4) is 0 Å². The molecule has 0 aromatic heterocycles. The van der Waals surface area contributed by atoms with E-state index in [0.29, 0.717) is 33.0 Å². The number of thioether (sulfide) groups is 1.